The van der Waals surface area contributed by atoms with Crippen molar-refractivity contribution in [3.8, 4) is 11.5 Å². The van der Waals surface area contributed by atoms with E-state index in [1.807, 2.05) is 0 Å². The first-order valence-electron chi connectivity index (χ1n) is 6.86. The molecule has 10 nitrogen and oxygen atoms in total. The number of carbonyl (C=O) groups excluding carboxylic acids is 1. The normalized spacial score (nSPS) is 11.5. The van der Waals surface area contributed by atoms with E-state index in [0.29, 0.717) is 0 Å². The van der Waals surface area contributed by atoms with Crippen LogP contribution in [0.25, 0.3) is 11.5 Å². The fourth-order valence-electron chi connectivity index (χ4n) is 1.80. The highest BCUT2D eigenvalue weighted by Crippen LogP contribution is 2.09. The van der Waals surface area contributed by atoms with Crippen molar-refractivity contribution in [2.75, 3.05) is 0 Å². The minimum atomic E-state index is -0.679. The Morgan fingerprint density at radius 2 is 1.87 bits per heavy atom. The summed E-state index contributed by atoms with van der Waals surface area (Å²) in [5, 5.41) is 6.57. The molecule has 1 amide bonds. The maximum absolute atomic E-state index is 12.1. The Kier molecular flexibility index (Phi) is 4.17. The van der Waals surface area contributed by atoms with Crippen LogP contribution in [0, 0.1) is 0 Å². The zero-order chi connectivity index (χ0) is 17.4. The summed E-state index contributed by atoms with van der Waals surface area (Å²) >= 11 is 0. The maximum atomic E-state index is 12.1. The Hall–Kier alpha value is -2.78. The molecule has 10 heteroatoms. The minimum Gasteiger partial charge on any atom is -0.444 e. The fourth-order valence-corrected chi connectivity index (χ4v) is 1.80. The van der Waals surface area contributed by atoms with Crippen LogP contribution in [-0.2, 0) is 25.4 Å². The highest BCUT2D eigenvalue weighted by molar-refractivity contribution is 5.67. The average molecular weight is 322 g/mol. The van der Waals surface area contributed by atoms with Crippen molar-refractivity contribution in [2.24, 2.45) is 14.1 Å². The van der Waals surface area contributed by atoms with Crippen molar-refractivity contribution in [1.29, 1.82) is 0 Å². The number of fused-ring (bicyclic) bond motifs is 1. The maximum Gasteiger partial charge on any atom is 0.408 e. The number of nitrogens with zero attached hydrogens (tertiary/aromatic N) is 5. The van der Waals surface area contributed by atoms with Gasteiger partial charge in [-0.2, -0.15) is 10.1 Å². The van der Waals surface area contributed by atoms with Gasteiger partial charge in [-0.05, 0) is 20.8 Å². The quantitative estimate of drug-likeness (QED) is 0.783. The molecular formula is C13H18N6O4. The van der Waals surface area contributed by atoms with Crippen LogP contribution >= 0.6 is 0 Å². The predicted octanol–water partition coefficient (Wildman–Crippen LogP) is -0.601. The van der Waals surface area contributed by atoms with Crippen LogP contribution in [-0.4, -0.2) is 36.0 Å². The monoisotopic (exact) mass is 322 g/mol. The third-order valence-electron chi connectivity index (χ3n) is 2.81. The van der Waals surface area contributed by atoms with Crippen molar-refractivity contribution in [2.45, 2.75) is 32.9 Å². The number of alkyl carbamates (subject to hydrolysis) is 1. The van der Waals surface area contributed by atoms with Crippen LogP contribution < -0.4 is 16.6 Å². The highest BCUT2D eigenvalue weighted by Gasteiger charge is 2.20. The van der Waals surface area contributed by atoms with E-state index in [0.717, 1.165) is 4.57 Å². The summed E-state index contributed by atoms with van der Waals surface area (Å²) in [5.74, 6) is 0.280. The molecule has 0 radical (unpaired) electrons. The second-order valence-corrected chi connectivity index (χ2v) is 5.94. The van der Waals surface area contributed by atoms with Gasteiger partial charge < -0.3 is 10.1 Å². The van der Waals surface area contributed by atoms with E-state index in [2.05, 4.69) is 20.4 Å². The summed E-state index contributed by atoms with van der Waals surface area (Å²) in [7, 11) is 2.85. The van der Waals surface area contributed by atoms with Crippen molar-refractivity contribution in [3.05, 3.63) is 26.7 Å². The van der Waals surface area contributed by atoms with Gasteiger partial charge in [0, 0.05) is 14.1 Å². The van der Waals surface area contributed by atoms with Gasteiger partial charge in [0.25, 0.3) is 5.56 Å². The summed E-state index contributed by atoms with van der Waals surface area (Å²) in [5.41, 5.74) is -1.87. The van der Waals surface area contributed by atoms with Crippen molar-refractivity contribution >= 4 is 6.09 Å². The van der Waals surface area contributed by atoms with Crippen LogP contribution in [0.3, 0.4) is 0 Å². The van der Waals surface area contributed by atoms with Gasteiger partial charge in [0.15, 0.2) is 17.3 Å². The third kappa shape index (κ3) is 3.71. The summed E-state index contributed by atoms with van der Waals surface area (Å²) in [4.78, 5) is 43.1. The first kappa shape index (κ1) is 16.6. The molecule has 23 heavy (non-hydrogen) atoms. The number of ether oxygens (including phenoxy) is 1. The van der Waals surface area contributed by atoms with E-state index in [1.165, 1.54) is 18.8 Å². The van der Waals surface area contributed by atoms with Crippen LogP contribution in [0.5, 0.6) is 0 Å². The molecule has 0 saturated carbocycles. The molecule has 0 atom stereocenters. The molecule has 2 rings (SSSR count). The molecule has 0 bridgehead atoms. The lowest BCUT2D eigenvalue weighted by atomic mass is 10.2. The number of rotatable bonds is 2. The second-order valence-electron chi connectivity index (χ2n) is 5.94. The number of aromatic nitrogens is 5. The highest BCUT2D eigenvalue weighted by atomic mass is 16.6. The predicted molar refractivity (Wildman–Crippen MR) is 80.0 cm³/mol. The molecule has 0 aliphatic carbocycles. The number of hydrogen-bond donors (Lipinski definition) is 1. The summed E-state index contributed by atoms with van der Waals surface area (Å²) in [6.07, 6.45) is -0.621. The lowest BCUT2D eigenvalue weighted by molar-refractivity contribution is 0.0522. The van der Waals surface area contributed by atoms with E-state index in [-0.39, 0.29) is 23.9 Å². The van der Waals surface area contributed by atoms with Crippen molar-refractivity contribution < 1.29 is 9.53 Å². The molecule has 2 aliphatic rings. The first-order valence-corrected chi connectivity index (χ1v) is 6.86. The molecule has 0 spiro atoms. The number of hydrogen-bond acceptors (Lipinski definition) is 7. The van der Waals surface area contributed by atoms with E-state index < -0.39 is 22.9 Å². The van der Waals surface area contributed by atoms with E-state index in [9.17, 15) is 14.4 Å². The van der Waals surface area contributed by atoms with Gasteiger partial charge in [0.2, 0.25) is 0 Å². The van der Waals surface area contributed by atoms with Gasteiger partial charge in [-0.3, -0.25) is 9.36 Å². The Labute approximate surface area is 131 Å². The number of carbonyl (C=O) groups is 1. The molecule has 0 aromatic heterocycles. The molecule has 0 aromatic rings. The van der Waals surface area contributed by atoms with Crippen LogP contribution in [0.1, 0.15) is 26.6 Å². The lowest BCUT2D eigenvalue weighted by Crippen LogP contribution is -2.37. The largest absolute Gasteiger partial charge is 0.444 e. The molecule has 0 saturated heterocycles. The average Bonchev–Trinajstić information content (AvgIpc) is 2.42. The van der Waals surface area contributed by atoms with Crippen molar-refractivity contribution in [3.63, 3.8) is 0 Å². The smallest absolute Gasteiger partial charge is 0.408 e. The number of amides is 1. The molecule has 0 fully saturated rings. The zero-order valence-corrected chi connectivity index (χ0v) is 13.6. The van der Waals surface area contributed by atoms with Gasteiger partial charge >= 0.3 is 11.8 Å². The van der Waals surface area contributed by atoms with Gasteiger partial charge in [0.05, 0.1) is 6.54 Å². The summed E-state index contributed by atoms with van der Waals surface area (Å²) < 4.78 is 7.24. The van der Waals surface area contributed by atoms with Gasteiger partial charge in [-0.15, -0.1) is 0 Å². The van der Waals surface area contributed by atoms with Crippen LogP contribution in [0.2, 0.25) is 0 Å². The second kappa shape index (κ2) is 5.78. The van der Waals surface area contributed by atoms with E-state index >= 15 is 0 Å². The molecule has 2 aliphatic heterocycles. The van der Waals surface area contributed by atoms with E-state index in [4.69, 9.17) is 4.74 Å². The Balaban J connectivity index is 2.30. The molecule has 0 unspecified atom stereocenters. The molecule has 0 aromatic carbocycles. The van der Waals surface area contributed by atoms with Gasteiger partial charge in [0.1, 0.15) is 5.60 Å². The van der Waals surface area contributed by atoms with Gasteiger partial charge in [-0.25, -0.2) is 19.3 Å². The molecule has 1 N–H and O–H groups in total. The van der Waals surface area contributed by atoms with E-state index in [1.54, 1.807) is 20.8 Å². The fraction of sp³-hybridized carbons (Fsp3) is 0.538. The molecular weight excluding hydrogens is 304 g/mol. The number of aryl methyl sites for hydroxylation is 1. The van der Waals surface area contributed by atoms with Crippen LogP contribution in [0.4, 0.5) is 4.79 Å². The van der Waals surface area contributed by atoms with Gasteiger partial charge in [-0.1, -0.05) is 0 Å². The molecule has 2 heterocycles. The third-order valence-corrected chi connectivity index (χ3v) is 2.81. The van der Waals surface area contributed by atoms with Crippen molar-refractivity contribution in [1.82, 2.24) is 29.6 Å². The Morgan fingerprint density at radius 1 is 1.22 bits per heavy atom. The Bertz CT molecular complexity index is 832. The molecule has 124 valence electrons. The summed E-state index contributed by atoms with van der Waals surface area (Å²) in [6.45, 7) is 5.21. The minimum absolute atomic E-state index is 0.00517. The Morgan fingerprint density at radius 3 is 2.48 bits per heavy atom. The summed E-state index contributed by atoms with van der Waals surface area (Å²) in [6, 6.07) is 0. The topological polar surface area (TPSA) is 121 Å². The first-order chi connectivity index (χ1) is 10.6. The zero-order valence-electron chi connectivity index (χ0n) is 13.6. The lowest BCUT2D eigenvalue weighted by Gasteiger charge is -2.19. The standard InChI is InChI=1S/C13H18N6O4/c1-13(2,3)23-12(22)14-6-7-15-8-9(19(5)17-7)16-11(21)18(4)10(8)20/h6H2,1-5H3,(H,14,22). The van der Waals surface area contributed by atoms with Crippen LogP contribution in [0.15, 0.2) is 9.59 Å². The SMILES string of the molecule is Cn1nc(CNC(=O)OC(C)(C)C)nc2c(=O)n(C)c(=O)nc1-2. The number of nitrogens with one attached hydrogen (secondary N) is 1.